The van der Waals surface area contributed by atoms with E-state index in [1.54, 1.807) is 24.3 Å². The number of nitrogens with one attached hydrogen (secondary N) is 1. The molecule has 0 heterocycles. The maximum atomic E-state index is 12.4. The van der Waals surface area contributed by atoms with E-state index in [0.717, 1.165) is 16.5 Å². The van der Waals surface area contributed by atoms with Gasteiger partial charge in [0.25, 0.3) is 5.91 Å². The number of amides is 1. The van der Waals surface area contributed by atoms with E-state index in [9.17, 15) is 4.79 Å². The van der Waals surface area contributed by atoms with Crippen molar-refractivity contribution in [2.45, 2.75) is 13.0 Å². The summed E-state index contributed by atoms with van der Waals surface area (Å²) < 4.78 is 0. The second-order valence-electron chi connectivity index (χ2n) is 5.49. The molecule has 112 valence electrons. The molecule has 1 amide bonds. The Balaban J connectivity index is 1.84. The second-order valence-corrected chi connectivity index (χ2v) is 5.49. The van der Waals surface area contributed by atoms with Gasteiger partial charge in [0.2, 0.25) is 0 Å². The van der Waals surface area contributed by atoms with Crippen molar-refractivity contribution in [3.63, 3.8) is 0 Å². The van der Waals surface area contributed by atoms with Crippen molar-refractivity contribution >= 4 is 16.7 Å². The lowest BCUT2D eigenvalue weighted by molar-refractivity contribution is 0.0940. The van der Waals surface area contributed by atoms with E-state index in [1.807, 2.05) is 25.1 Å². The summed E-state index contributed by atoms with van der Waals surface area (Å²) in [6.07, 6.45) is 5.34. The molecule has 0 saturated heterocycles. The Kier molecular flexibility index (Phi) is 4.12. The summed E-state index contributed by atoms with van der Waals surface area (Å²) in [4.78, 5) is 12.4. The first-order valence-electron chi connectivity index (χ1n) is 7.54. The van der Waals surface area contributed by atoms with Gasteiger partial charge in [-0.1, -0.05) is 48.4 Å². The normalized spacial score (nSPS) is 11.7. The van der Waals surface area contributed by atoms with Crippen LogP contribution in [0.3, 0.4) is 0 Å². The van der Waals surface area contributed by atoms with Crippen LogP contribution in [0.15, 0.2) is 66.7 Å². The quantitative estimate of drug-likeness (QED) is 0.717. The molecular weight excluding hydrogens is 282 g/mol. The molecule has 1 unspecified atom stereocenters. The summed E-state index contributed by atoms with van der Waals surface area (Å²) in [6, 6.07) is 21.3. The van der Waals surface area contributed by atoms with Crippen LogP contribution in [-0.4, -0.2) is 5.91 Å². The Morgan fingerprint density at radius 2 is 1.70 bits per heavy atom. The molecule has 1 N–H and O–H groups in total. The largest absolute Gasteiger partial charge is 0.345 e. The fourth-order valence-corrected chi connectivity index (χ4v) is 2.70. The van der Waals surface area contributed by atoms with Gasteiger partial charge >= 0.3 is 0 Å². The maximum Gasteiger partial charge on any atom is 0.251 e. The smallest absolute Gasteiger partial charge is 0.251 e. The van der Waals surface area contributed by atoms with E-state index >= 15 is 0 Å². The zero-order valence-corrected chi connectivity index (χ0v) is 12.9. The van der Waals surface area contributed by atoms with Crippen LogP contribution in [-0.2, 0) is 0 Å². The summed E-state index contributed by atoms with van der Waals surface area (Å²) in [5, 5.41) is 5.38. The first kappa shape index (κ1) is 14.9. The van der Waals surface area contributed by atoms with Crippen molar-refractivity contribution in [1.82, 2.24) is 5.32 Å². The maximum absolute atomic E-state index is 12.4. The highest BCUT2D eigenvalue weighted by atomic mass is 16.1. The van der Waals surface area contributed by atoms with Crippen molar-refractivity contribution in [2.24, 2.45) is 0 Å². The highest BCUT2D eigenvalue weighted by molar-refractivity contribution is 5.95. The van der Waals surface area contributed by atoms with Crippen molar-refractivity contribution in [3.8, 4) is 12.3 Å². The third kappa shape index (κ3) is 3.09. The lowest BCUT2D eigenvalue weighted by atomic mass is 9.99. The Morgan fingerprint density at radius 1 is 1.00 bits per heavy atom. The van der Waals surface area contributed by atoms with Crippen molar-refractivity contribution in [2.75, 3.05) is 0 Å². The van der Waals surface area contributed by atoms with Crippen LogP contribution in [0.2, 0.25) is 0 Å². The van der Waals surface area contributed by atoms with E-state index in [4.69, 9.17) is 6.42 Å². The number of benzene rings is 3. The summed E-state index contributed by atoms with van der Waals surface area (Å²) in [6.45, 7) is 2.00. The minimum atomic E-state index is -0.103. The van der Waals surface area contributed by atoms with E-state index in [2.05, 4.69) is 35.5 Å². The highest BCUT2D eigenvalue weighted by Crippen LogP contribution is 2.24. The van der Waals surface area contributed by atoms with Crippen LogP contribution in [0.1, 0.15) is 34.5 Å². The molecule has 0 fully saturated rings. The van der Waals surface area contributed by atoms with Gasteiger partial charge in [0.1, 0.15) is 0 Å². The van der Waals surface area contributed by atoms with E-state index in [-0.39, 0.29) is 11.9 Å². The average molecular weight is 299 g/mol. The van der Waals surface area contributed by atoms with E-state index in [0.29, 0.717) is 5.56 Å². The molecule has 1 atom stereocenters. The zero-order valence-electron chi connectivity index (χ0n) is 12.9. The predicted molar refractivity (Wildman–Crippen MR) is 94.2 cm³/mol. The van der Waals surface area contributed by atoms with Crippen molar-refractivity contribution < 1.29 is 4.79 Å². The molecule has 0 spiro atoms. The number of carbonyl (C=O) groups is 1. The topological polar surface area (TPSA) is 29.1 Å². The molecule has 0 aromatic heterocycles. The molecule has 0 aliphatic heterocycles. The Morgan fingerprint density at radius 3 is 2.43 bits per heavy atom. The molecule has 3 rings (SSSR count). The molecule has 3 aromatic carbocycles. The summed E-state index contributed by atoms with van der Waals surface area (Å²) in [5.74, 6) is 2.45. The van der Waals surface area contributed by atoms with Gasteiger partial charge in [0, 0.05) is 11.1 Å². The summed E-state index contributed by atoms with van der Waals surface area (Å²) in [5.41, 5.74) is 2.48. The van der Waals surface area contributed by atoms with Gasteiger partial charge in [-0.05, 0) is 47.5 Å². The number of hydrogen-bond donors (Lipinski definition) is 1. The average Bonchev–Trinajstić information content (AvgIpc) is 2.61. The summed E-state index contributed by atoms with van der Waals surface area (Å²) >= 11 is 0. The molecule has 0 bridgehead atoms. The third-order valence-corrected chi connectivity index (χ3v) is 3.95. The molecule has 2 nitrogen and oxygen atoms in total. The molecule has 0 aliphatic rings. The van der Waals surface area contributed by atoms with Gasteiger partial charge in [-0.3, -0.25) is 4.79 Å². The van der Waals surface area contributed by atoms with E-state index in [1.165, 1.54) is 5.39 Å². The van der Waals surface area contributed by atoms with Crippen molar-refractivity contribution in [1.29, 1.82) is 0 Å². The number of carbonyl (C=O) groups excluding carboxylic acids is 1. The molecule has 3 aromatic rings. The predicted octanol–water partition coefficient (Wildman–Crippen LogP) is 4.31. The number of hydrogen-bond acceptors (Lipinski definition) is 1. The number of rotatable bonds is 3. The number of terminal acetylenes is 1. The minimum absolute atomic E-state index is 0.0825. The van der Waals surface area contributed by atoms with Gasteiger partial charge in [-0.15, -0.1) is 6.42 Å². The SMILES string of the molecule is C#Cc1ccc(C(=O)NC(C)c2cccc3ccccc23)cc1. The standard InChI is InChI=1S/C21H17NO/c1-3-16-11-13-18(14-12-16)21(23)22-15(2)19-10-6-8-17-7-4-5-9-20(17)19/h1,4-15H,2H3,(H,22,23). The molecule has 0 radical (unpaired) electrons. The fraction of sp³-hybridized carbons (Fsp3) is 0.0952. The Hall–Kier alpha value is -3.05. The lowest BCUT2D eigenvalue weighted by Crippen LogP contribution is -2.26. The molecule has 0 aliphatic carbocycles. The van der Waals surface area contributed by atoms with Crippen LogP contribution in [0.5, 0.6) is 0 Å². The molecule has 2 heteroatoms. The van der Waals surface area contributed by atoms with Gasteiger partial charge in [-0.2, -0.15) is 0 Å². The van der Waals surface area contributed by atoms with Gasteiger partial charge in [0.15, 0.2) is 0 Å². The monoisotopic (exact) mass is 299 g/mol. The highest BCUT2D eigenvalue weighted by Gasteiger charge is 2.13. The fourth-order valence-electron chi connectivity index (χ4n) is 2.70. The first-order chi connectivity index (χ1) is 11.2. The van der Waals surface area contributed by atoms with Crippen LogP contribution < -0.4 is 5.32 Å². The lowest BCUT2D eigenvalue weighted by Gasteiger charge is -2.16. The minimum Gasteiger partial charge on any atom is -0.345 e. The summed E-state index contributed by atoms with van der Waals surface area (Å²) in [7, 11) is 0. The zero-order chi connectivity index (χ0) is 16.2. The van der Waals surface area contributed by atoms with Crippen LogP contribution >= 0.6 is 0 Å². The molecule has 0 saturated carbocycles. The first-order valence-corrected chi connectivity index (χ1v) is 7.54. The number of fused-ring (bicyclic) bond motifs is 1. The van der Waals surface area contributed by atoms with Gasteiger partial charge in [-0.25, -0.2) is 0 Å². The van der Waals surface area contributed by atoms with E-state index < -0.39 is 0 Å². The Bertz CT molecular complexity index is 882. The van der Waals surface area contributed by atoms with Gasteiger partial charge in [0.05, 0.1) is 6.04 Å². The van der Waals surface area contributed by atoms with Crippen LogP contribution in [0, 0.1) is 12.3 Å². The van der Waals surface area contributed by atoms with Crippen molar-refractivity contribution in [3.05, 3.63) is 83.4 Å². The third-order valence-electron chi connectivity index (χ3n) is 3.95. The van der Waals surface area contributed by atoms with Crippen LogP contribution in [0.4, 0.5) is 0 Å². The van der Waals surface area contributed by atoms with Crippen LogP contribution in [0.25, 0.3) is 10.8 Å². The molecular formula is C21H17NO. The van der Waals surface area contributed by atoms with Gasteiger partial charge < -0.3 is 5.32 Å². The Labute approximate surface area is 136 Å². The molecule has 23 heavy (non-hydrogen) atoms. The second kappa shape index (κ2) is 6.37.